The summed E-state index contributed by atoms with van der Waals surface area (Å²) in [5, 5.41) is 6.63. The molecule has 0 aliphatic rings. The molecule has 0 atom stereocenters. The molecule has 0 fully saturated rings. The highest BCUT2D eigenvalue weighted by atomic mass is 32.2. The highest BCUT2D eigenvalue weighted by molar-refractivity contribution is 7.91. The fourth-order valence-electron chi connectivity index (χ4n) is 1.47. The van der Waals surface area contributed by atoms with Gasteiger partial charge in [-0.25, -0.2) is 13.1 Å². The van der Waals surface area contributed by atoms with E-state index in [1.165, 1.54) is 12.1 Å². The first-order valence-corrected chi connectivity index (χ1v) is 6.68. The van der Waals surface area contributed by atoms with Crippen molar-refractivity contribution >= 4 is 21.6 Å². The number of rotatable bonds is 4. The first-order valence-electron chi connectivity index (χ1n) is 5.20. The van der Waals surface area contributed by atoms with Gasteiger partial charge in [-0.05, 0) is 12.1 Å². The van der Waals surface area contributed by atoms with Crippen LogP contribution in [0, 0.1) is 0 Å². The van der Waals surface area contributed by atoms with E-state index >= 15 is 0 Å². The summed E-state index contributed by atoms with van der Waals surface area (Å²) >= 11 is 0. The number of anilines is 1. The highest BCUT2D eigenvalue weighted by Gasteiger charge is 2.26. The number of carbonyl (C=O) groups is 1. The number of primary amides is 1. The monoisotopic (exact) mass is 281 g/mol. The molecule has 100 valence electrons. The SMILES string of the molecule is NC(=O)Cn1nnc(S(=O)(=O)c2ccccc2)c1N. The van der Waals surface area contributed by atoms with Crippen molar-refractivity contribution < 1.29 is 13.2 Å². The van der Waals surface area contributed by atoms with E-state index in [-0.39, 0.29) is 22.3 Å². The van der Waals surface area contributed by atoms with Gasteiger partial charge in [-0.15, -0.1) is 5.10 Å². The van der Waals surface area contributed by atoms with E-state index in [1.807, 2.05) is 0 Å². The zero-order chi connectivity index (χ0) is 14.0. The quantitative estimate of drug-likeness (QED) is 0.751. The second-order valence-corrected chi connectivity index (χ2v) is 5.59. The maximum absolute atomic E-state index is 12.2. The first kappa shape index (κ1) is 13.0. The molecule has 0 saturated carbocycles. The Kier molecular flexibility index (Phi) is 3.21. The van der Waals surface area contributed by atoms with Gasteiger partial charge < -0.3 is 11.5 Å². The highest BCUT2D eigenvalue weighted by Crippen LogP contribution is 2.22. The van der Waals surface area contributed by atoms with Crippen molar-refractivity contribution in [2.75, 3.05) is 5.73 Å². The van der Waals surface area contributed by atoms with Crippen molar-refractivity contribution in [2.24, 2.45) is 5.73 Å². The zero-order valence-corrected chi connectivity index (χ0v) is 10.5. The number of hydrogen-bond acceptors (Lipinski definition) is 6. The van der Waals surface area contributed by atoms with Gasteiger partial charge in [0.05, 0.1) is 4.90 Å². The Morgan fingerprint density at radius 1 is 1.26 bits per heavy atom. The van der Waals surface area contributed by atoms with Crippen LogP contribution in [0.2, 0.25) is 0 Å². The van der Waals surface area contributed by atoms with Gasteiger partial charge in [0, 0.05) is 0 Å². The normalized spacial score (nSPS) is 11.4. The van der Waals surface area contributed by atoms with Crippen molar-refractivity contribution in [3.8, 4) is 0 Å². The van der Waals surface area contributed by atoms with E-state index in [1.54, 1.807) is 18.2 Å². The summed E-state index contributed by atoms with van der Waals surface area (Å²) in [5.74, 6) is -0.914. The maximum atomic E-state index is 12.2. The Morgan fingerprint density at radius 2 is 1.89 bits per heavy atom. The van der Waals surface area contributed by atoms with Crippen LogP contribution >= 0.6 is 0 Å². The third-order valence-corrected chi connectivity index (χ3v) is 4.05. The predicted molar refractivity (Wildman–Crippen MR) is 65.5 cm³/mol. The van der Waals surface area contributed by atoms with Gasteiger partial charge in [0.25, 0.3) is 0 Å². The Bertz CT molecular complexity index is 708. The summed E-state index contributed by atoms with van der Waals surface area (Å²) in [6.07, 6.45) is 0. The topological polar surface area (TPSA) is 134 Å². The minimum atomic E-state index is -3.86. The molecule has 9 heteroatoms. The number of sulfone groups is 1. The van der Waals surface area contributed by atoms with E-state index in [9.17, 15) is 13.2 Å². The number of amides is 1. The van der Waals surface area contributed by atoms with Crippen LogP contribution in [0.3, 0.4) is 0 Å². The molecule has 2 rings (SSSR count). The molecule has 1 aromatic carbocycles. The standard InChI is InChI=1S/C10H11N5O3S/c11-8(16)6-15-9(12)10(13-14-15)19(17,18)7-4-2-1-3-5-7/h1-5H,6,12H2,(H2,11,16). The molecule has 1 heterocycles. The minimum Gasteiger partial charge on any atom is -0.381 e. The molecule has 19 heavy (non-hydrogen) atoms. The second-order valence-electron chi connectivity index (χ2n) is 3.72. The van der Waals surface area contributed by atoms with Gasteiger partial charge >= 0.3 is 0 Å². The lowest BCUT2D eigenvalue weighted by atomic mass is 10.4. The van der Waals surface area contributed by atoms with Crippen LogP contribution in [0.1, 0.15) is 0 Å². The lowest BCUT2D eigenvalue weighted by molar-refractivity contribution is -0.118. The van der Waals surface area contributed by atoms with Crippen LogP contribution < -0.4 is 11.5 Å². The van der Waals surface area contributed by atoms with E-state index in [2.05, 4.69) is 10.3 Å². The summed E-state index contributed by atoms with van der Waals surface area (Å²) in [6.45, 7) is -0.330. The lowest BCUT2D eigenvalue weighted by Gasteiger charge is -2.02. The van der Waals surface area contributed by atoms with Crippen molar-refractivity contribution in [3.63, 3.8) is 0 Å². The Balaban J connectivity index is 2.48. The molecule has 1 amide bonds. The van der Waals surface area contributed by atoms with Crippen LogP contribution in [0.25, 0.3) is 0 Å². The van der Waals surface area contributed by atoms with Crippen molar-refractivity contribution in [2.45, 2.75) is 16.5 Å². The lowest BCUT2D eigenvalue weighted by Crippen LogP contribution is -2.21. The van der Waals surface area contributed by atoms with Crippen molar-refractivity contribution in [1.82, 2.24) is 15.0 Å². The number of aromatic nitrogens is 3. The molecule has 0 aliphatic carbocycles. The summed E-state index contributed by atoms with van der Waals surface area (Å²) in [6, 6.07) is 7.68. The van der Waals surface area contributed by atoms with E-state index in [0.29, 0.717) is 0 Å². The van der Waals surface area contributed by atoms with Gasteiger partial charge in [-0.2, -0.15) is 0 Å². The maximum Gasteiger partial charge on any atom is 0.239 e. The molecular formula is C10H11N5O3S. The Hall–Kier alpha value is -2.42. The number of nitrogen functional groups attached to an aromatic ring is 1. The van der Waals surface area contributed by atoms with Crippen molar-refractivity contribution in [3.05, 3.63) is 30.3 Å². The minimum absolute atomic E-state index is 0.0489. The second kappa shape index (κ2) is 4.69. The van der Waals surface area contributed by atoms with E-state index in [4.69, 9.17) is 11.5 Å². The van der Waals surface area contributed by atoms with Gasteiger partial charge in [0.2, 0.25) is 20.8 Å². The molecule has 0 saturated heterocycles. The largest absolute Gasteiger partial charge is 0.381 e. The Labute approximate surface area is 108 Å². The van der Waals surface area contributed by atoms with E-state index in [0.717, 1.165) is 4.68 Å². The number of nitrogens with zero attached hydrogens (tertiary/aromatic N) is 3. The van der Waals surface area contributed by atoms with Gasteiger partial charge in [-0.3, -0.25) is 4.79 Å². The fraction of sp³-hybridized carbons (Fsp3) is 0.100. The summed E-state index contributed by atoms with van der Waals surface area (Å²) in [5.41, 5.74) is 10.6. The van der Waals surface area contributed by atoms with Crippen LogP contribution in [0.5, 0.6) is 0 Å². The third kappa shape index (κ3) is 2.40. The van der Waals surface area contributed by atoms with Crippen LogP contribution in [-0.2, 0) is 21.2 Å². The average molecular weight is 281 g/mol. The predicted octanol–water partition coefficient (Wildman–Crippen LogP) is -0.822. The molecule has 0 spiro atoms. The van der Waals surface area contributed by atoms with Gasteiger partial charge in [0.1, 0.15) is 6.54 Å². The number of benzene rings is 1. The number of hydrogen-bond donors (Lipinski definition) is 2. The van der Waals surface area contributed by atoms with Crippen LogP contribution in [0.4, 0.5) is 5.82 Å². The zero-order valence-electron chi connectivity index (χ0n) is 9.72. The first-order chi connectivity index (χ1) is 8.93. The van der Waals surface area contributed by atoms with Gasteiger partial charge in [-0.1, -0.05) is 23.4 Å². The number of carbonyl (C=O) groups excluding carboxylic acids is 1. The van der Waals surface area contributed by atoms with Crippen LogP contribution in [-0.4, -0.2) is 29.3 Å². The smallest absolute Gasteiger partial charge is 0.239 e. The van der Waals surface area contributed by atoms with Gasteiger partial charge in [0.15, 0.2) is 5.82 Å². The van der Waals surface area contributed by atoms with Crippen LogP contribution in [0.15, 0.2) is 40.3 Å². The molecule has 0 bridgehead atoms. The molecule has 1 aromatic heterocycles. The molecule has 0 radical (unpaired) electrons. The fourth-order valence-corrected chi connectivity index (χ4v) is 2.73. The molecule has 0 unspecified atom stereocenters. The average Bonchev–Trinajstić information content (AvgIpc) is 2.72. The molecule has 4 N–H and O–H groups in total. The molecule has 2 aromatic rings. The van der Waals surface area contributed by atoms with Crippen molar-refractivity contribution in [1.29, 1.82) is 0 Å². The number of nitrogens with two attached hydrogens (primary N) is 2. The Morgan fingerprint density at radius 3 is 2.47 bits per heavy atom. The third-order valence-electron chi connectivity index (χ3n) is 2.35. The molecular weight excluding hydrogens is 270 g/mol. The summed E-state index contributed by atoms with van der Waals surface area (Å²) in [4.78, 5) is 10.8. The van der Waals surface area contributed by atoms with E-state index < -0.39 is 15.7 Å². The summed E-state index contributed by atoms with van der Waals surface area (Å²) < 4.78 is 25.4. The molecule has 0 aliphatic heterocycles. The molecule has 8 nitrogen and oxygen atoms in total. The summed E-state index contributed by atoms with van der Waals surface area (Å²) in [7, 11) is -3.86.